The molecule has 3 aromatic heterocycles. The first-order valence-corrected chi connectivity index (χ1v) is 9.39. The molecule has 5 aromatic rings. The number of nitrogens with zero attached hydrogens (tertiary/aromatic N) is 4. The van der Waals surface area contributed by atoms with Crippen molar-refractivity contribution in [2.24, 2.45) is 0 Å². The van der Waals surface area contributed by atoms with E-state index in [-0.39, 0.29) is 6.42 Å². The molecule has 3 heterocycles. The lowest BCUT2D eigenvalue weighted by Gasteiger charge is -2.03. The summed E-state index contributed by atoms with van der Waals surface area (Å²) in [6.07, 6.45) is 1.79. The van der Waals surface area contributed by atoms with E-state index in [2.05, 4.69) is 25.4 Å². The molecule has 0 aliphatic rings. The van der Waals surface area contributed by atoms with Crippen molar-refractivity contribution < 1.29 is 9.90 Å². The zero-order valence-corrected chi connectivity index (χ0v) is 15.3. The number of hydrogen-bond donors (Lipinski definition) is 3. The van der Waals surface area contributed by atoms with Gasteiger partial charge in [-0.15, -0.1) is 11.3 Å². The van der Waals surface area contributed by atoms with Crippen LogP contribution in [0, 0.1) is 0 Å². The number of hydrogen-bond acceptors (Lipinski definition) is 6. The van der Waals surface area contributed by atoms with Crippen molar-refractivity contribution in [2.45, 2.75) is 6.42 Å². The Morgan fingerprint density at radius 3 is 2.79 bits per heavy atom. The second-order valence-corrected chi connectivity index (χ2v) is 7.15. The van der Waals surface area contributed by atoms with Crippen molar-refractivity contribution in [1.29, 1.82) is 0 Å². The van der Waals surface area contributed by atoms with Crippen LogP contribution in [0.15, 0.2) is 54.0 Å². The molecule has 0 spiro atoms. The number of carboxylic acids is 1. The highest BCUT2D eigenvalue weighted by molar-refractivity contribution is 7.13. The van der Waals surface area contributed by atoms with E-state index in [1.54, 1.807) is 29.7 Å². The van der Waals surface area contributed by atoms with E-state index in [4.69, 9.17) is 5.11 Å². The number of nitrogens with one attached hydrogen (secondary N) is 2. The predicted octanol–water partition coefficient (Wildman–Crippen LogP) is 3.70. The molecule has 8 nitrogen and oxygen atoms in total. The quantitative estimate of drug-likeness (QED) is 0.422. The molecule has 0 atom stereocenters. The molecule has 0 radical (unpaired) electrons. The summed E-state index contributed by atoms with van der Waals surface area (Å²) >= 11 is 1.59. The van der Waals surface area contributed by atoms with Gasteiger partial charge in [0.1, 0.15) is 5.01 Å². The van der Waals surface area contributed by atoms with Crippen LogP contribution in [0.4, 0.5) is 11.6 Å². The van der Waals surface area contributed by atoms with Gasteiger partial charge in [-0.3, -0.25) is 9.89 Å². The van der Waals surface area contributed by atoms with Crippen LogP contribution < -0.4 is 5.32 Å². The van der Waals surface area contributed by atoms with E-state index >= 15 is 0 Å². The van der Waals surface area contributed by atoms with E-state index < -0.39 is 5.97 Å². The second kappa shape index (κ2) is 6.46. The van der Waals surface area contributed by atoms with Crippen molar-refractivity contribution in [1.82, 2.24) is 24.6 Å². The number of thiazole rings is 1. The summed E-state index contributed by atoms with van der Waals surface area (Å²) in [5.74, 6) is 0.272. The molecule has 0 fully saturated rings. The number of carbonyl (C=O) groups is 1. The maximum Gasteiger partial charge on any atom is 0.307 e. The third-order valence-electron chi connectivity index (χ3n) is 4.32. The minimum Gasteiger partial charge on any atom is -0.481 e. The fraction of sp³-hybridized carbons (Fsp3) is 0.0526. The van der Waals surface area contributed by atoms with Crippen molar-refractivity contribution >= 4 is 45.8 Å². The Morgan fingerprint density at radius 1 is 1.18 bits per heavy atom. The van der Waals surface area contributed by atoms with Gasteiger partial charge in [-0.1, -0.05) is 12.1 Å². The van der Waals surface area contributed by atoms with Gasteiger partial charge >= 0.3 is 5.97 Å². The van der Waals surface area contributed by atoms with Crippen LogP contribution in [-0.4, -0.2) is 35.6 Å². The van der Waals surface area contributed by atoms with Gasteiger partial charge in [-0.05, 0) is 35.9 Å². The van der Waals surface area contributed by atoms with Gasteiger partial charge in [-0.2, -0.15) is 4.98 Å². The summed E-state index contributed by atoms with van der Waals surface area (Å²) in [6.45, 7) is 0. The molecule has 28 heavy (non-hydrogen) atoms. The van der Waals surface area contributed by atoms with Gasteiger partial charge in [-0.25, -0.2) is 14.5 Å². The van der Waals surface area contributed by atoms with Crippen LogP contribution in [0.2, 0.25) is 0 Å². The van der Waals surface area contributed by atoms with Crippen molar-refractivity contribution in [3.63, 3.8) is 0 Å². The Labute approximate surface area is 162 Å². The largest absolute Gasteiger partial charge is 0.481 e. The number of carboxylic acid groups (broad SMARTS) is 1. The van der Waals surface area contributed by atoms with Crippen LogP contribution >= 0.6 is 11.3 Å². The Morgan fingerprint density at radius 2 is 2.04 bits per heavy atom. The minimum atomic E-state index is -0.849. The Balaban J connectivity index is 1.43. The number of rotatable bonds is 5. The van der Waals surface area contributed by atoms with Gasteiger partial charge in [0.2, 0.25) is 5.95 Å². The van der Waals surface area contributed by atoms with Gasteiger partial charge in [0.25, 0.3) is 5.78 Å². The predicted molar refractivity (Wildman–Crippen MR) is 107 cm³/mol. The van der Waals surface area contributed by atoms with E-state index in [9.17, 15) is 4.79 Å². The number of imidazole rings is 1. The SMILES string of the molecule is O=C(O)Cc1ccc(Nc2nc3nc4cc(-c5nccs5)ccc4n3[nH]2)cc1. The second-order valence-electron chi connectivity index (χ2n) is 6.25. The summed E-state index contributed by atoms with van der Waals surface area (Å²) in [5.41, 5.74) is 4.35. The van der Waals surface area contributed by atoms with Gasteiger partial charge in [0.15, 0.2) is 0 Å². The molecule has 0 bridgehead atoms. The lowest BCUT2D eigenvalue weighted by atomic mass is 10.1. The average molecular weight is 390 g/mol. The zero-order chi connectivity index (χ0) is 19.1. The maximum atomic E-state index is 10.8. The average Bonchev–Trinajstić information content (AvgIpc) is 3.38. The van der Waals surface area contributed by atoms with Gasteiger partial charge in [0.05, 0.1) is 17.5 Å². The summed E-state index contributed by atoms with van der Waals surface area (Å²) in [7, 11) is 0. The zero-order valence-electron chi connectivity index (χ0n) is 14.5. The lowest BCUT2D eigenvalue weighted by molar-refractivity contribution is -0.136. The van der Waals surface area contributed by atoms with Crippen LogP contribution in [0.1, 0.15) is 5.56 Å². The molecular weight excluding hydrogens is 376 g/mol. The molecular formula is C19H14N6O2S. The number of H-pyrrole nitrogens is 1. The highest BCUT2D eigenvalue weighted by Gasteiger charge is 2.12. The summed E-state index contributed by atoms with van der Waals surface area (Å²) in [4.78, 5) is 24.2. The maximum absolute atomic E-state index is 10.8. The van der Waals surface area contributed by atoms with Crippen LogP contribution in [-0.2, 0) is 11.2 Å². The van der Waals surface area contributed by atoms with Crippen molar-refractivity contribution in [3.05, 3.63) is 59.6 Å². The van der Waals surface area contributed by atoms with Crippen molar-refractivity contribution in [3.8, 4) is 10.6 Å². The normalized spacial score (nSPS) is 11.3. The minimum absolute atomic E-state index is 0.00379. The van der Waals surface area contributed by atoms with Crippen LogP contribution in [0.5, 0.6) is 0 Å². The molecule has 2 aromatic carbocycles. The molecule has 0 aliphatic carbocycles. The van der Waals surface area contributed by atoms with E-state index in [1.807, 2.05) is 40.2 Å². The first-order valence-electron chi connectivity index (χ1n) is 8.51. The molecule has 138 valence electrons. The molecule has 0 saturated carbocycles. The van der Waals surface area contributed by atoms with E-state index in [1.165, 1.54) is 0 Å². The molecule has 3 N–H and O–H groups in total. The van der Waals surface area contributed by atoms with E-state index in [0.717, 1.165) is 32.9 Å². The smallest absolute Gasteiger partial charge is 0.307 e. The lowest BCUT2D eigenvalue weighted by Crippen LogP contribution is -2.00. The molecule has 0 amide bonds. The van der Waals surface area contributed by atoms with Crippen LogP contribution in [0.25, 0.3) is 27.4 Å². The molecule has 9 heteroatoms. The molecule has 5 rings (SSSR count). The molecule has 0 saturated heterocycles. The summed E-state index contributed by atoms with van der Waals surface area (Å²) < 4.78 is 1.82. The molecule has 0 aliphatic heterocycles. The van der Waals surface area contributed by atoms with Crippen molar-refractivity contribution in [2.75, 3.05) is 5.32 Å². The highest BCUT2D eigenvalue weighted by Crippen LogP contribution is 2.26. The summed E-state index contributed by atoms with van der Waals surface area (Å²) in [6, 6.07) is 13.2. The first-order chi connectivity index (χ1) is 13.7. The number of fused-ring (bicyclic) bond motifs is 3. The fourth-order valence-corrected chi connectivity index (χ4v) is 3.69. The van der Waals surface area contributed by atoms with Gasteiger partial charge in [0, 0.05) is 22.8 Å². The number of benzene rings is 2. The topological polar surface area (TPSA) is 108 Å². The Kier molecular flexibility index (Phi) is 3.80. The monoisotopic (exact) mass is 390 g/mol. The van der Waals surface area contributed by atoms with E-state index in [0.29, 0.717) is 11.7 Å². The number of anilines is 2. The van der Waals surface area contributed by atoms with Gasteiger partial charge < -0.3 is 10.4 Å². The standard InChI is InChI=1S/C19H14N6O2S/c26-16(27)9-11-1-4-13(5-2-11)21-18-23-19-22-14-10-12(17-20-7-8-28-17)3-6-15(14)25(19)24-18/h1-8,10H,9H2,(H,26,27)(H2,21,22,23,24). The number of aromatic nitrogens is 5. The summed E-state index contributed by atoms with van der Waals surface area (Å²) in [5, 5.41) is 18.1. The third-order valence-corrected chi connectivity index (χ3v) is 5.14. The third kappa shape index (κ3) is 2.97. The Hall–Kier alpha value is -3.72. The number of aliphatic carboxylic acids is 1. The first kappa shape index (κ1) is 16.5. The Bertz CT molecular complexity index is 1290. The number of aromatic amines is 1. The van der Waals surface area contributed by atoms with Crippen LogP contribution in [0.3, 0.4) is 0 Å². The highest BCUT2D eigenvalue weighted by atomic mass is 32.1. The molecule has 0 unspecified atom stereocenters. The fourth-order valence-electron chi connectivity index (χ4n) is 3.06.